The number of piperazine rings is 1. The zero-order valence-corrected chi connectivity index (χ0v) is 18.4. The van der Waals surface area contributed by atoms with Crippen LogP contribution in [-0.4, -0.2) is 80.0 Å². The summed E-state index contributed by atoms with van der Waals surface area (Å²) in [5, 5.41) is 8.50. The summed E-state index contributed by atoms with van der Waals surface area (Å²) in [6.07, 6.45) is -4.34. The summed E-state index contributed by atoms with van der Waals surface area (Å²) in [5.41, 5.74) is 2.18. The SMILES string of the molecule is O=C(O)COCCOCCN1CCN(Cc2ccccc2-c2ccc(C(F)(F)F)cc2)CC1. The molecule has 1 fully saturated rings. The molecule has 3 rings (SSSR count). The minimum atomic E-state index is -4.34. The standard InChI is InChI=1S/C24H29F3N2O4/c25-24(26,27)21-7-5-19(6-8-21)22-4-2-1-3-20(22)17-29-11-9-28(10-12-29)13-14-32-15-16-33-18-23(30)31/h1-8H,9-18H2,(H,30,31). The molecule has 0 aliphatic carbocycles. The van der Waals surface area contributed by atoms with E-state index in [0.717, 1.165) is 68.1 Å². The normalized spacial score (nSPS) is 15.6. The molecule has 2 aromatic rings. The maximum absolute atomic E-state index is 12.9. The number of rotatable bonds is 11. The average Bonchev–Trinajstić information content (AvgIpc) is 2.79. The number of carbonyl (C=O) groups is 1. The maximum Gasteiger partial charge on any atom is 0.416 e. The highest BCUT2D eigenvalue weighted by Gasteiger charge is 2.30. The molecule has 0 atom stereocenters. The molecule has 2 aromatic carbocycles. The fourth-order valence-corrected chi connectivity index (χ4v) is 3.76. The van der Waals surface area contributed by atoms with Crippen molar-refractivity contribution in [3.05, 3.63) is 59.7 Å². The van der Waals surface area contributed by atoms with Gasteiger partial charge in [0, 0.05) is 39.3 Å². The maximum atomic E-state index is 12.9. The molecular formula is C24H29F3N2O4. The Morgan fingerprint density at radius 2 is 1.52 bits per heavy atom. The van der Waals surface area contributed by atoms with Crippen LogP contribution in [0.15, 0.2) is 48.5 Å². The van der Waals surface area contributed by atoms with E-state index in [1.165, 1.54) is 12.1 Å². The van der Waals surface area contributed by atoms with Gasteiger partial charge in [0.05, 0.1) is 25.4 Å². The first-order valence-electron chi connectivity index (χ1n) is 10.9. The Morgan fingerprint density at radius 3 is 2.18 bits per heavy atom. The minimum Gasteiger partial charge on any atom is -0.480 e. The Bertz CT molecular complexity index is 882. The molecule has 9 heteroatoms. The molecule has 0 aromatic heterocycles. The summed E-state index contributed by atoms with van der Waals surface area (Å²) >= 11 is 0. The van der Waals surface area contributed by atoms with E-state index in [1.54, 1.807) is 0 Å². The van der Waals surface area contributed by atoms with Gasteiger partial charge in [-0.2, -0.15) is 13.2 Å². The van der Waals surface area contributed by atoms with Gasteiger partial charge in [0.2, 0.25) is 0 Å². The molecule has 0 amide bonds. The van der Waals surface area contributed by atoms with Crippen LogP contribution in [0.1, 0.15) is 11.1 Å². The first-order chi connectivity index (χ1) is 15.8. The molecule has 180 valence electrons. The molecule has 0 bridgehead atoms. The number of benzene rings is 2. The highest BCUT2D eigenvalue weighted by molar-refractivity contribution is 5.68. The fraction of sp³-hybridized carbons (Fsp3) is 0.458. The minimum absolute atomic E-state index is 0.262. The van der Waals surface area contributed by atoms with Gasteiger partial charge in [0.1, 0.15) is 6.61 Å². The monoisotopic (exact) mass is 466 g/mol. The van der Waals surface area contributed by atoms with E-state index in [1.807, 2.05) is 24.3 Å². The lowest BCUT2D eigenvalue weighted by Gasteiger charge is -2.35. The van der Waals surface area contributed by atoms with Crippen LogP contribution < -0.4 is 0 Å². The van der Waals surface area contributed by atoms with Crippen molar-refractivity contribution in [2.75, 3.05) is 59.2 Å². The van der Waals surface area contributed by atoms with Crippen molar-refractivity contribution in [3.8, 4) is 11.1 Å². The van der Waals surface area contributed by atoms with Gasteiger partial charge < -0.3 is 14.6 Å². The van der Waals surface area contributed by atoms with E-state index < -0.39 is 17.7 Å². The third-order valence-electron chi connectivity index (χ3n) is 5.55. The first-order valence-corrected chi connectivity index (χ1v) is 10.9. The molecule has 0 radical (unpaired) electrons. The lowest BCUT2D eigenvalue weighted by molar-refractivity contribution is -0.142. The van der Waals surface area contributed by atoms with Crippen LogP contribution in [-0.2, 0) is 27.0 Å². The van der Waals surface area contributed by atoms with Crippen LogP contribution in [0.5, 0.6) is 0 Å². The van der Waals surface area contributed by atoms with E-state index in [4.69, 9.17) is 14.6 Å². The quantitative estimate of drug-likeness (QED) is 0.511. The molecular weight excluding hydrogens is 437 g/mol. The number of halogens is 3. The molecule has 1 saturated heterocycles. The second kappa shape index (κ2) is 12.1. The molecule has 1 N–H and O–H groups in total. The molecule has 0 unspecified atom stereocenters. The van der Waals surface area contributed by atoms with Gasteiger partial charge in [-0.3, -0.25) is 9.80 Å². The summed E-state index contributed by atoms with van der Waals surface area (Å²) in [5.74, 6) is -0.991. The lowest BCUT2D eigenvalue weighted by Crippen LogP contribution is -2.46. The van der Waals surface area contributed by atoms with Crippen molar-refractivity contribution in [2.24, 2.45) is 0 Å². The van der Waals surface area contributed by atoms with Crippen molar-refractivity contribution < 1.29 is 32.5 Å². The lowest BCUT2D eigenvalue weighted by atomic mass is 9.98. The Morgan fingerprint density at radius 1 is 0.879 bits per heavy atom. The van der Waals surface area contributed by atoms with Gasteiger partial charge in [-0.05, 0) is 28.8 Å². The van der Waals surface area contributed by atoms with Crippen LogP contribution in [0.3, 0.4) is 0 Å². The molecule has 0 saturated carbocycles. The van der Waals surface area contributed by atoms with Crippen LogP contribution >= 0.6 is 0 Å². The van der Waals surface area contributed by atoms with Gasteiger partial charge in [-0.15, -0.1) is 0 Å². The van der Waals surface area contributed by atoms with Gasteiger partial charge in [-0.1, -0.05) is 36.4 Å². The second-order valence-corrected chi connectivity index (χ2v) is 7.91. The number of carboxylic acid groups (broad SMARTS) is 1. The largest absolute Gasteiger partial charge is 0.480 e. The predicted molar refractivity (Wildman–Crippen MR) is 118 cm³/mol. The summed E-state index contributed by atoms with van der Waals surface area (Å²) in [4.78, 5) is 15.0. The van der Waals surface area contributed by atoms with Gasteiger partial charge in [0.15, 0.2) is 0 Å². The number of aliphatic carboxylic acids is 1. The van der Waals surface area contributed by atoms with E-state index in [2.05, 4.69) is 9.80 Å². The number of alkyl halides is 3. The Balaban J connectivity index is 1.44. The van der Waals surface area contributed by atoms with Crippen molar-refractivity contribution >= 4 is 5.97 Å². The van der Waals surface area contributed by atoms with Crippen molar-refractivity contribution in [3.63, 3.8) is 0 Å². The Labute approximate surface area is 191 Å². The van der Waals surface area contributed by atoms with Gasteiger partial charge in [-0.25, -0.2) is 4.79 Å². The molecule has 1 aliphatic heterocycles. The van der Waals surface area contributed by atoms with Crippen molar-refractivity contribution in [1.82, 2.24) is 9.80 Å². The molecule has 6 nitrogen and oxygen atoms in total. The molecule has 1 heterocycles. The van der Waals surface area contributed by atoms with E-state index >= 15 is 0 Å². The number of hydrogen-bond donors (Lipinski definition) is 1. The highest BCUT2D eigenvalue weighted by Crippen LogP contribution is 2.32. The molecule has 1 aliphatic rings. The average molecular weight is 467 g/mol. The second-order valence-electron chi connectivity index (χ2n) is 7.91. The van der Waals surface area contributed by atoms with Crippen molar-refractivity contribution in [2.45, 2.75) is 12.7 Å². The van der Waals surface area contributed by atoms with Crippen LogP contribution in [0.4, 0.5) is 13.2 Å². The number of hydrogen-bond acceptors (Lipinski definition) is 5. The predicted octanol–water partition coefficient (Wildman–Crippen LogP) is 3.61. The third-order valence-corrected chi connectivity index (χ3v) is 5.55. The summed E-state index contributed by atoms with van der Waals surface area (Å²) in [6, 6.07) is 13.2. The summed E-state index contributed by atoms with van der Waals surface area (Å²) in [6.45, 7) is 6.01. The van der Waals surface area contributed by atoms with Crippen LogP contribution in [0.25, 0.3) is 11.1 Å². The van der Waals surface area contributed by atoms with E-state index in [0.29, 0.717) is 13.2 Å². The van der Waals surface area contributed by atoms with E-state index in [9.17, 15) is 18.0 Å². The van der Waals surface area contributed by atoms with Gasteiger partial charge in [0.25, 0.3) is 0 Å². The number of ether oxygens (including phenoxy) is 2. The molecule has 0 spiro atoms. The number of nitrogens with zero attached hydrogens (tertiary/aromatic N) is 2. The topological polar surface area (TPSA) is 62.2 Å². The number of carboxylic acids is 1. The van der Waals surface area contributed by atoms with Crippen LogP contribution in [0, 0.1) is 0 Å². The highest BCUT2D eigenvalue weighted by atomic mass is 19.4. The smallest absolute Gasteiger partial charge is 0.416 e. The zero-order valence-electron chi connectivity index (χ0n) is 18.4. The third kappa shape index (κ3) is 8.12. The Hall–Kier alpha value is -2.46. The van der Waals surface area contributed by atoms with E-state index in [-0.39, 0.29) is 13.2 Å². The first kappa shape index (κ1) is 25.2. The van der Waals surface area contributed by atoms with Gasteiger partial charge >= 0.3 is 12.1 Å². The fourth-order valence-electron chi connectivity index (χ4n) is 3.76. The summed E-state index contributed by atoms with van der Waals surface area (Å²) < 4.78 is 49.0. The van der Waals surface area contributed by atoms with Crippen LogP contribution in [0.2, 0.25) is 0 Å². The molecule has 33 heavy (non-hydrogen) atoms. The Kier molecular flexibility index (Phi) is 9.25. The zero-order chi connectivity index (χ0) is 23.7. The summed E-state index contributed by atoms with van der Waals surface area (Å²) in [7, 11) is 0. The van der Waals surface area contributed by atoms with Crippen molar-refractivity contribution in [1.29, 1.82) is 0 Å².